The average Bonchev–Trinajstić information content (AvgIpc) is 3.22. The molecule has 1 aliphatic rings. The number of nitrogens with one attached hydrogen (secondary N) is 1. The van der Waals surface area contributed by atoms with Crippen LogP contribution < -0.4 is 10.9 Å². The van der Waals surface area contributed by atoms with E-state index in [1.54, 1.807) is 12.1 Å². The van der Waals surface area contributed by atoms with Crippen molar-refractivity contribution < 1.29 is 23.4 Å². The Hall–Kier alpha value is -2.90. The highest BCUT2D eigenvalue weighted by Crippen LogP contribution is 2.23. The lowest BCUT2D eigenvalue weighted by atomic mass is 10.1. The predicted molar refractivity (Wildman–Crippen MR) is 106 cm³/mol. The maximum absolute atomic E-state index is 14.2. The van der Waals surface area contributed by atoms with Crippen molar-refractivity contribution in [1.29, 1.82) is 0 Å². The molecule has 1 amide bonds. The third kappa shape index (κ3) is 4.41. The topological polar surface area (TPSA) is 84.1 Å². The first-order valence-electron chi connectivity index (χ1n) is 9.16. The van der Waals surface area contributed by atoms with E-state index in [1.807, 2.05) is 0 Å². The number of aromatic hydroxyl groups is 1. The fourth-order valence-corrected chi connectivity index (χ4v) is 3.31. The summed E-state index contributed by atoms with van der Waals surface area (Å²) in [5.41, 5.74) is 0.297. The van der Waals surface area contributed by atoms with Crippen molar-refractivity contribution in [1.82, 2.24) is 5.32 Å². The van der Waals surface area contributed by atoms with Gasteiger partial charge in [0.1, 0.15) is 28.4 Å². The Bertz CT molecular complexity index is 1140. The number of nitrogens with zero attached hydrogens (tertiary/aromatic N) is 1. The minimum atomic E-state index is -0.605. The van der Waals surface area contributed by atoms with Crippen LogP contribution in [0.4, 0.5) is 10.1 Å². The first-order valence-corrected chi connectivity index (χ1v) is 9.54. The lowest BCUT2D eigenvalue weighted by Gasteiger charge is -2.11. The van der Waals surface area contributed by atoms with Crippen molar-refractivity contribution in [2.24, 2.45) is 4.99 Å². The van der Waals surface area contributed by atoms with E-state index in [0.717, 1.165) is 12.8 Å². The number of phenolic OH excluding ortho intramolecular Hbond substituents is 1. The van der Waals surface area contributed by atoms with Gasteiger partial charge in [-0.1, -0.05) is 11.6 Å². The molecular weight excluding hydrogens is 399 g/mol. The number of phenols is 1. The lowest BCUT2D eigenvalue weighted by Crippen LogP contribution is -2.34. The molecule has 2 heterocycles. The van der Waals surface area contributed by atoms with Gasteiger partial charge in [0.2, 0.25) is 5.55 Å². The minimum Gasteiger partial charge on any atom is -0.508 e. The fourth-order valence-electron chi connectivity index (χ4n) is 3.14. The molecule has 0 aliphatic carbocycles. The Morgan fingerprint density at radius 3 is 2.93 bits per heavy atom. The molecule has 2 N–H and O–H groups in total. The van der Waals surface area contributed by atoms with Crippen LogP contribution in [0, 0.1) is 5.82 Å². The van der Waals surface area contributed by atoms with Gasteiger partial charge in [-0.05, 0) is 49.2 Å². The van der Waals surface area contributed by atoms with Crippen LogP contribution in [0.15, 0.2) is 51.9 Å². The molecular formula is C21H18ClFN2O4. The van der Waals surface area contributed by atoms with E-state index in [-0.39, 0.29) is 28.7 Å². The van der Waals surface area contributed by atoms with Gasteiger partial charge in [0.25, 0.3) is 5.91 Å². The summed E-state index contributed by atoms with van der Waals surface area (Å²) in [6.45, 7) is 1.04. The number of carbonyl (C=O) groups is 1. The molecule has 0 radical (unpaired) electrons. The molecule has 150 valence electrons. The number of benzene rings is 2. The van der Waals surface area contributed by atoms with E-state index in [4.69, 9.17) is 20.8 Å². The van der Waals surface area contributed by atoms with E-state index in [0.29, 0.717) is 29.1 Å². The van der Waals surface area contributed by atoms with Crippen molar-refractivity contribution in [2.75, 3.05) is 13.2 Å². The maximum atomic E-state index is 14.2. The van der Waals surface area contributed by atoms with E-state index in [9.17, 15) is 14.3 Å². The number of hydrogen-bond acceptors (Lipinski definition) is 5. The Morgan fingerprint density at radius 2 is 2.14 bits per heavy atom. The number of carbonyl (C=O) groups excluding carboxylic acids is 1. The molecule has 3 aromatic rings. The SMILES string of the molecule is O=C(NC[C@H]1CCCO1)c1cc2ccc(O)cc2oc1=Nc1cc(Cl)ccc1F. The Labute approximate surface area is 170 Å². The van der Waals surface area contributed by atoms with Crippen molar-refractivity contribution in [2.45, 2.75) is 18.9 Å². The zero-order valence-corrected chi connectivity index (χ0v) is 16.1. The molecule has 6 nitrogen and oxygen atoms in total. The molecule has 2 aromatic carbocycles. The number of fused-ring (bicyclic) bond motifs is 1. The van der Waals surface area contributed by atoms with Gasteiger partial charge in [0, 0.05) is 29.6 Å². The first kappa shape index (κ1) is 19.4. The number of hydrogen-bond donors (Lipinski definition) is 2. The summed E-state index contributed by atoms with van der Waals surface area (Å²) in [5, 5.41) is 13.4. The van der Waals surface area contributed by atoms with Gasteiger partial charge in [-0.15, -0.1) is 0 Å². The summed E-state index contributed by atoms with van der Waals surface area (Å²) in [4.78, 5) is 17.0. The van der Waals surface area contributed by atoms with Crippen LogP contribution in [-0.4, -0.2) is 30.3 Å². The highest BCUT2D eigenvalue weighted by Gasteiger charge is 2.19. The molecule has 4 rings (SSSR count). The van der Waals surface area contributed by atoms with Crippen LogP contribution in [-0.2, 0) is 4.74 Å². The molecule has 0 bridgehead atoms. The van der Waals surface area contributed by atoms with E-state index >= 15 is 0 Å². The normalized spacial score (nSPS) is 17.0. The van der Waals surface area contributed by atoms with Crippen molar-refractivity contribution in [3.05, 3.63) is 64.4 Å². The minimum absolute atomic E-state index is 0.00304. The summed E-state index contributed by atoms with van der Waals surface area (Å²) in [6.07, 6.45) is 1.82. The quantitative estimate of drug-likeness (QED) is 0.671. The highest BCUT2D eigenvalue weighted by atomic mass is 35.5. The summed E-state index contributed by atoms with van der Waals surface area (Å²) in [7, 11) is 0. The molecule has 1 aromatic heterocycles. The molecule has 1 fully saturated rings. The van der Waals surface area contributed by atoms with Crippen LogP contribution in [0.3, 0.4) is 0 Å². The second kappa shape index (κ2) is 8.23. The standard InChI is InChI=1S/C21H18ClFN2O4/c22-13-4-6-17(23)18(9-13)25-21-16(20(27)24-11-15-2-1-7-28-15)8-12-3-5-14(26)10-19(12)29-21/h3-6,8-10,15,26H,1-2,7,11H2,(H,24,27)/t15-/m1/s1. The second-order valence-electron chi connectivity index (χ2n) is 6.74. The fraction of sp³-hybridized carbons (Fsp3) is 0.238. The Kier molecular flexibility index (Phi) is 5.51. The number of rotatable bonds is 4. The van der Waals surface area contributed by atoms with Crippen LogP contribution in [0.1, 0.15) is 23.2 Å². The molecule has 0 saturated carbocycles. The monoisotopic (exact) mass is 416 g/mol. The van der Waals surface area contributed by atoms with Crippen LogP contribution in [0.5, 0.6) is 5.75 Å². The smallest absolute Gasteiger partial charge is 0.256 e. The van der Waals surface area contributed by atoms with Crippen LogP contribution in [0.25, 0.3) is 11.0 Å². The average molecular weight is 417 g/mol. The van der Waals surface area contributed by atoms with Gasteiger partial charge < -0.3 is 19.6 Å². The van der Waals surface area contributed by atoms with Crippen molar-refractivity contribution in [3.63, 3.8) is 0 Å². The molecule has 1 saturated heterocycles. The highest BCUT2D eigenvalue weighted by molar-refractivity contribution is 6.30. The zero-order valence-electron chi connectivity index (χ0n) is 15.3. The van der Waals surface area contributed by atoms with E-state index in [2.05, 4.69) is 10.3 Å². The Morgan fingerprint density at radius 1 is 1.28 bits per heavy atom. The van der Waals surface area contributed by atoms with Crippen molar-refractivity contribution >= 4 is 34.2 Å². The molecule has 1 aliphatic heterocycles. The lowest BCUT2D eigenvalue weighted by molar-refractivity contribution is 0.0854. The molecule has 0 spiro atoms. The zero-order chi connectivity index (χ0) is 20.4. The van der Waals surface area contributed by atoms with Gasteiger partial charge in [-0.2, -0.15) is 0 Å². The third-order valence-electron chi connectivity index (χ3n) is 4.62. The van der Waals surface area contributed by atoms with Gasteiger partial charge in [0.15, 0.2) is 0 Å². The van der Waals surface area contributed by atoms with Gasteiger partial charge >= 0.3 is 0 Å². The molecule has 0 unspecified atom stereocenters. The summed E-state index contributed by atoms with van der Waals surface area (Å²) in [6, 6.07) is 10.0. The molecule has 1 atom stereocenters. The van der Waals surface area contributed by atoms with Gasteiger partial charge in [-0.3, -0.25) is 4.79 Å². The number of amides is 1. The molecule has 8 heteroatoms. The van der Waals surface area contributed by atoms with Gasteiger partial charge in [0.05, 0.1) is 6.10 Å². The third-order valence-corrected chi connectivity index (χ3v) is 4.86. The predicted octanol–water partition coefficient (Wildman–Crippen LogP) is 4.07. The number of halogens is 2. The Balaban J connectivity index is 1.79. The number of ether oxygens (including phenoxy) is 1. The summed E-state index contributed by atoms with van der Waals surface area (Å²) >= 11 is 5.94. The molecule has 29 heavy (non-hydrogen) atoms. The first-order chi connectivity index (χ1) is 14.0. The van der Waals surface area contributed by atoms with Gasteiger partial charge in [-0.25, -0.2) is 9.38 Å². The van der Waals surface area contributed by atoms with E-state index < -0.39 is 11.7 Å². The van der Waals surface area contributed by atoms with Crippen molar-refractivity contribution in [3.8, 4) is 5.75 Å². The van der Waals surface area contributed by atoms with Crippen LogP contribution in [0.2, 0.25) is 5.02 Å². The maximum Gasteiger partial charge on any atom is 0.256 e. The van der Waals surface area contributed by atoms with Crippen LogP contribution >= 0.6 is 11.6 Å². The second-order valence-corrected chi connectivity index (χ2v) is 7.18. The largest absolute Gasteiger partial charge is 0.508 e. The summed E-state index contributed by atoms with van der Waals surface area (Å²) in [5.74, 6) is -1.02. The summed E-state index contributed by atoms with van der Waals surface area (Å²) < 4.78 is 25.4. The van der Waals surface area contributed by atoms with E-state index in [1.165, 1.54) is 30.3 Å².